The van der Waals surface area contributed by atoms with Gasteiger partial charge in [-0.05, 0) is 24.5 Å². The molecule has 2 aliphatic heterocycles. The van der Waals surface area contributed by atoms with Crippen LogP contribution in [0.1, 0.15) is 24.4 Å². The van der Waals surface area contributed by atoms with Gasteiger partial charge in [-0.15, -0.1) is 0 Å². The Morgan fingerprint density at radius 1 is 1.32 bits per heavy atom. The first-order valence-corrected chi connectivity index (χ1v) is 8.07. The minimum absolute atomic E-state index is 0.00640. The molecule has 0 spiro atoms. The lowest BCUT2D eigenvalue weighted by molar-refractivity contribution is -0.141. The predicted molar refractivity (Wildman–Crippen MR) is 84.6 cm³/mol. The number of benzene rings is 1. The molecule has 2 fully saturated rings. The molecule has 22 heavy (non-hydrogen) atoms. The van der Waals surface area contributed by atoms with E-state index in [1.165, 1.54) is 0 Å². The first-order chi connectivity index (χ1) is 10.7. The maximum atomic E-state index is 12.6. The minimum atomic E-state index is -0.00640. The molecule has 0 aromatic heterocycles. The molecule has 1 atom stereocenters. The first-order valence-electron chi connectivity index (χ1n) is 7.69. The average molecular weight is 322 g/mol. The average Bonchev–Trinajstić information content (AvgIpc) is 2.99. The van der Waals surface area contributed by atoms with Crippen LogP contribution in [-0.2, 0) is 9.59 Å². The lowest BCUT2D eigenvalue weighted by Gasteiger charge is -2.31. The van der Waals surface area contributed by atoms with E-state index in [2.05, 4.69) is 5.32 Å². The van der Waals surface area contributed by atoms with Crippen LogP contribution in [0.3, 0.4) is 0 Å². The predicted octanol–water partition coefficient (Wildman–Crippen LogP) is 1.44. The summed E-state index contributed by atoms with van der Waals surface area (Å²) in [6.45, 7) is 2.56. The van der Waals surface area contributed by atoms with E-state index in [0.29, 0.717) is 18.1 Å². The van der Waals surface area contributed by atoms with E-state index in [9.17, 15) is 9.59 Å². The van der Waals surface area contributed by atoms with Crippen LogP contribution >= 0.6 is 11.6 Å². The lowest BCUT2D eigenvalue weighted by atomic mass is 10.0. The van der Waals surface area contributed by atoms with Gasteiger partial charge in [-0.25, -0.2) is 0 Å². The zero-order valence-corrected chi connectivity index (χ0v) is 13.2. The third-order valence-corrected chi connectivity index (χ3v) is 4.70. The van der Waals surface area contributed by atoms with Gasteiger partial charge in [-0.2, -0.15) is 0 Å². The molecule has 1 aromatic rings. The number of carbonyl (C=O) groups is 2. The fourth-order valence-electron chi connectivity index (χ4n) is 3.20. The second-order valence-corrected chi connectivity index (χ2v) is 6.17. The molecule has 1 unspecified atom stereocenters. The number of amides is 2. The molecule has 0 radical (unpaired) electrons. The molecular formula is C16H20ClN3O2. The quantitative estimate of drug-likeness (QED) is 0.916. The van der Waals surface area contributed by atoms with Crippen molar-refractivity contribution < 1.29 is 9.59 Å². The van der Waals surface area contributed by atoms with E-state index in [1.807, 2.05) is 29.2 Å². The summed E-state index contributed by atoms with van der Waals surface area (Å²) in [5, 5.41) is 3.72. The number of halogens is 1. The van der Waals surface area contributed by atoms with Crippen LogP contribution in [0.4, 0.5) is 0 Å². The fraction of sp³-hybridized carbons (Fsp3) is 0.500. The van der Waals surface area contributed by atoms with E-state index < -0.39 is 0 Å². The van der Waals surface area contributed by atoms with Gasteiger partial charge in [-0.1, -0.05) is 29.8 Å². The number of rotatable bonds is 3. The Morgan fingerprint density at radius 3 is 2.91 bits per heavy atom. The van der Waals surface area contributed by atoms with Crippen molar-refractivity contribution in [3.63, 3.8) is 0 Å². The molecule has 1 aromatic carbocycles. The highest BCUT2D eigenvalue weighted by Gasteiger charge is 2.32. The zero-order valence-electron chi connectivity index (χ0n) is 12.4. The number of nitrogens with one attached hydrogen (secondary N) is 1. The number of likely N-dealkylation sites (tertiary alicyclic amines) is 1. The van der Waals surface area contributed by atoms with Gasteiger partial charge in [0.05, 0.1) is 19.1 Å². The van der Waals surface area contributed by atoms with Crippen molar-refractivity contribution in [2.75, 3.05) is 32.7 Å². The van der Waals surface area contributed by atoms with Crippen LogP contribution in [0.15, 0.2) is 24.3 Å². The molecule has 118 valence electrons. The molecular weight excluding hydrogens is 302 g/mol. The Hall–Kier alpha value is -1.59. The second kappa shape index (κ2) is 6.67. The van der Waals surface area contributed by atoms with E-state index in [0.717, 1.165) is 31.5 Å². The number of carbonyl (C=O) groups excluding carboxylic acids is 2. The summed E-state index contributed by atoms with van der Waals surface area (Å²) in [5.74, 6) is 0.00533. The molecule has 1 N–H and O–H groups in total. The van der Waals surface area contributed by atoms with Crippen molar-refractivity contribution in [3.8, 4) is 0 Å². The Morgan fingerprint density at radius 2 is 2.14 bits per heavy atom. The number of piperazine rings is 1. The third-order valence-electron chi connectivity index (χ3n) is 4.35. The summed E-state index contributed by atoms with van der Waals surface area (Å²) < 4.78 is 0. The molecule has 2 amide bonds. The summed E-state index contributed by atoms with van der Waals surface area (Å²) in [6.07, 6.45) is 1.89. The summed E-state index contributed by atoms with van der Waals surface area (Å²) in [4.78, 5) is 28.0. The normalized spacial score (nSPS) is 22.2. The van der Waals surface area contributed by atoms with Gasteiger partial charge < -0.3 is 15.1 Å². The van der Waals surface area contributed by atoms with Crippen LogP contribution < -0.4 is 5.32 Å². The molecule has 3 rings (SSSR count). The molecule has 2 saturated heterocycles. The lowest BCUT2D eigenvalue weighted by Crippen LogP contribution is -2.51. The van der Waals surface area contributed by atoms with Crippen molar-refractivity contribution in [3.05, 3.63) is 34.9 Å². The van der Waals surface area contributed by atoms with Crippen molar-refractivity contribution in [1.29, 1.82) is 0 Å². The van der Waals surface area contributed by atoms with Crippen molar-refractivity contribution in [1.82, 2.24) is 15.1 Å². The van der Waals surface area contributed by atoms with E-state index >= 15 is 0 Å². The summed E-state index contributed by atoms with van der Waals surface area (Å²) in [5.41, 5.74) is 1.00. The molecule has 5 nitrogen and oxygen atoms in total. The Balaban J connectivity index is 1.71. The maximum absolute atomic E-state index is 12.6. The monoisotopic (exact) mass is 321 g/mol. The summed E-state index contributed by atoms with van der Waals surface area (Å²) in [6, 6.07) is 7.71. The maximum Gasteiger partial charge on any atom is 0.242 e. The van der Waals surface area contributed by atoms with Crippen LogP contribution in [0.2, 0.25) is 5.02 Å². The molecule has 2 heterocycles. The highest BCUT2D eigenvalue weighted by molar-refractivity contribution is 6.31. The third kappa shape index (κ3) is 3.10. The van der Waals surface area contributed by atoms with Crippen molar-refractivity contribution in [2.45, 2.75) is 18.9 Å². The Kier molecular flexibility index (Phi) is 4.64. The number of hydrogen-bond donors (Lipinski definition) is 1. The van der Waals surface area contributed by atoms with E-state index in [-0.39, 0.29) is 24.4 Å². The molecule has 0 saturated carbocycles. The van der Waals surface area contributed by atoms with Crippen LogP contribution in [0, 0.1) is 0 Å². The van der Waals surface area contributed by atoms with E-state index in [1.54, 1.807) is 4.90 Å². The summed E-state index contributed by atoms with van der Waals surface area (Å²) in [7, 11) is 0. The second-order valence-electron chi connectivity index (χ2n) is 5.76. The fourth-order valence-corrected chi connectivity index (χ4v) is 3.46. The van der Waals surface area contributed by atoms with Gasteiger partial charge in [0, 0.05) is 24.7 Å². The smallest absolute Gasteiger partial charge is 0.242 e. The topological polar surface area (TPSA) is 52.7 Å². The highest BCUT2D eigenvalue weighted by Crippen LogP contribution is 2.35. The largest absolute Gasteiger partial charge is 0.334 e. The van der Waals surface area contributed by atoms with Gasteiger partial charge >= 0.3 is 0 Å². The van der Waals surface area contributed by atoms with Gasteiger partial charge in [0.2, 0.25) is 11.8 Å². The van der Waals surface area contributed by atoms with Crippen LogP contribution in [0.5, 0.6) is 0 Å². The van der Waals surface area contributed by atoms with Gasteiger partial charge in [0.25, 0.3) is 0 Å². The highest BCUT2D eigenvalue weighted by atomic mass is 35.5. The zero-order chi connectivity index (χ0) is 15.5. The van der Waals surface area contributed by atoms with Crippen LogP contribution in [0.25, 0.3) is 0 Å². The Bertz CT molecular complexity index is 578. The van der Waals surface area contributed by atoms with Gasteiger partial charge in [0.15, 0.2) is 0 Å². The Labute approximate surface area is 135 Å². The van der Waals surface area contributed by atoms with E-state index in [4.69, 9.17) is 11.6 Å². The first kappa shape index (κ1) is 15.3. The van der Waals surface area contributed by atoms with Crippen molar-refractivity contribution >= 4 is 23.4 Å². The molecule has 0 aliphatic carbocycles. The van der Waals surface area contributed by atoms with Gasteiger partial charge in [0.1, 0.15) is 0 Å². The van der Waals surface area contributed by atoms with Crippen molar-refractivity contribution in [2.24, 2.45) is 0 Å². The summed E-state index contributed by atoms with van der Waals surface area (Å²) >= 11 is 6.28. The number of hydrogen-bond acceptors (Lipinski definition) is 3. The minimum Gasteiger partial charge on any atom is -0.334 e. The molecule has 2 aliphatic rings. The molecule has 6 heteroatoms. The SMILES string of the molecule is O=C1CNCCN1CC(=O)N1CCCC1c1ccccc1Cl. The van der Waals surface area contributed by atoms with Crippen LogP contribution in [-0.4, -0.2) is 54.3 Å². The molecule has 0 bridgehead atoms. The number of nitrogens with zero attached hydrogens (tertiary/aromatic N) is 2. The standard InChI is InChI=1S/C16H20ClN3O2/c17-13-5-2-1-4-12(13)14-6-3-8-20(14)16(22)11-19-9-7-18-10-15(19)21/h1-2,4-5,14,18H,3,6-11H2. The van der Waals surface area contributed by atoms with Gasteiger partial charge in [-0.3, -0.25) is 9.59 Å².